The first-order chi connectivity index (χ1) is 8.67. The molecule has 1 aromatic rings. The van der Waals surface area contributed by atoms with E-state index in [9.17, 15) is 4.79 Å². The lowest BCUT2D eigenvalue weighted by molar-refractivity contribution is 0.0428. The highest BCUT2D eigenvalue weighted by molar-refractivity contribution is 6.04. The molecule has 2 atom stereocenters. The number of carbonyl (C=O) groups excluding carboxylic acids is 1. The maximum Gasteiger partial charge on any atom is 0.199 e. The Hall–Kier alpha value is -1.55. The van der Waals surface area contributed by atoms with Crippen LogP contribution in [-0.4, -0.2) is 32.2 Å². The van der Waals surface area contributed by atoms with E-state index in [0.29, 0.717) is 17.1 Å². The lowest BCUT2D eigenvalue weighted by Gasteiger charge is -2.15. The summed E-state index contributed by atoms with van der Waals surface area (Å²) in [6.45, 7) is 1.98. The van der Waals surface area contributed by atoms with Crippen LogP contribution in [0, 0.1) is 0 Å². The number of hydrogen-bond acceptors (Lipinski definition) is 4. The first-order valence-electron chi connectivity index (χ1n) is 6.08. The van der Waals surface area contributed by atoms with Crippen molar-refractivity contribution in [3.8, 4) is 11.5 Å². The van der Waals surface area contributed by atoms with E-state index in [1.807, 2.05) is 6.92 Å². The number of benzene rings is 1. The molecule has 1 heterocycles. The molecule has 1 aliphatic rings. The largest absolute Gasteiger partial charge is 0.496 e. The molecule has 0 bridgehead atoms. The van der Waals surface area contributed by atoms with Crippen LogP contribution in [0.1, 0.15) is 30.1 Å². The Morgan fingerprint density at radius 1 is 1.22 bits per heavy atom. The third-order valence-electron chi connectivity index (χ3n) is 3.20. The van der Waals surface area contributed by atoms with Gasteiger partial charge in [-0.3, -0.25) is 4.79 Å². The monoisotopic (exact) mass is 250 g/mol. The molecule has 0 N–H and O–H groups in total. The summed E-state index contributed by atoms with van der Waals surface area (Å²) < 4.78 is 16.1. The zero-order valence-corrected chi connectivity index (χ0v) is 10.9. The molecule has 4 heteroatoms. The summed E-state index contributed by atoms with van der Waals surface area (Å²) in [5.74, 6) is 0.999. The normalized spacial score (nSPS) is 22.8. The van der Waals surface area contributed by atoms with Crippen LogP contribution in [0.5, 0.6) is 11.5 Å². The van der Waals surface area contributed by atoms with Gasteiger partial charge in [-0.1, -0.05) is 6.07 Å². The second kappa shape index (κ2) is 5.40. The first-order valence-corrected chi connectivity index (χ1v) is 6.08. The van der Waals surface area contributed by atoms with Crippen molar-refractivity contribution in [2.45, 2.75) is 32.0 Å². The number of hydrogen-bond donors (Lipinski definition) is 0. The predicted molar refractivity (Wildman–Crippen MR) is 67.4 cm³/mol. The second-order valence-corrected chi connectivity index (χ2v) is 4.41. The fourth-order valence-corrected chi connectivity index (χ4v) is 2.25. The molecule has 0 aromatic heterocycles. The summed E-state index contributed by atoms with van der Waals surface area (Å²) >= 11 is 0. The van der Waals surface area contributed by atoms with E-state index in [1.54, 1.807) is 32.4 Å². The van der Waals surface area contributed by atoms with E-state index in [0.717, 1.165) is 12.8 Å². The van der Waals surface area contributed by atoms with Crippen molar-refractivity contribution in [2.24, 2.45) is 0 Å². The van der Waals surface area contributed by atoms with Gasteiger partial charge in [0, 0.05) is 0 Å². The second-order valence-electron chi connectivity index (χ2n) is 4.41. The van der Waals surface area contributed by atoms with E-state index in [1.165, 1.54) is 0 Å². The van der Waals surface area contributed by atoms with Gasteiger partial charge in [-0.15, -0.1) is 0 Å². The maximum atomic E-state index is 12.5. The third-order valence-corrected chi connectivity index (χ3v) is 3.20. The fraction of sp³-hybridized carbons (Fsp3) is 0.500. The SMILES string of the molecule is COc1cccc(OC)c1C(=O)C1CCC(C)O1. The van der Waals surface area contributed by atoms with E-state index < -0.39 is 0 Å². The van der Waals surface area contributed by atoms with Crippen molar-refractivity contribution in [3.63, 3.8) is 0 Å². The fourth-order valence-electron chi connectivity index (χ4n) is 2.25. The van der Waals surface area contributed by atoms with Crippen molar-refractivity contribution < 1.29 is 19.0 Å². The first kappa shape index (κ1) is 12.9. The molecule has 1 saturated heterocycles. The molecule has 0 saturated carbocycles. The zero-order chi connectivity index (χ0) is 13.1. The topological polar surface area (TPSA) is 44.8 Å². The van der Waals surface area contributed by atoms with Crippen molar-refractivity contribution in [3.05, 3.63) is 23.8 Å². The molecule has 2 unspecified atom stereocenters. The van der Waals surface area contributed by atoms with Crippen LogP contribution < -0.4 is 9.47 Å². The van der Waals surface area contributed by atoms with Gasteiger partial charge in [0.1, 0.15) is 23.2 Å². The molecule has 1 fully saturated rings. The molecule has 0 aliphatic carbocycles. The number of Topliss-reactive ketones (excluding diaryl/α,β-unsaturated/α-hetero) is 1. The highest BCUT2D eigenvalue weighted by Crippen LogP contribution is 2.32. The molecule has 0 amide bonds. The smallest absolute Gasteiger partial charge is 0.199 e. The van der Waals surface area contributed by atoms with Crippen LogP contribution in [0.25, 0.3) is 0 Å². The standard InChI is InChI=1S/C14H18O4/c1-9-7-8-12(18-9)14(15)13-10(16-2)5-4-6-11(13)17-3/h4-6,9,12H,7-8H2,1-3H3. The van der Waals surface area contributed by atoms with Gasteiger partial charge in [-0.2, -0.15) is 0 Å². The molecule has 98 valence electrons. The van der Waals surface area contributed by atoms with Crippen LogP contribution in [0.2, 0.25) is 0 Å². The van der Waals surface area contributed by atoms with Gasteiger partial charge in [0.25, 0.3) is 0 Å². The van der Waals surface area contributed by atoms with Crippen molar-refractivity contribution in [1.82, 2.24) is 0 Å². The van der Waals surface area contributed by atoms with E-state index in [2.05, 4.69) is 0 Å². The summed E-state index contributed by atoms with van der Waals surface area (Å²) in [6.07, 6.45) is 1.42. The number of carbonyl (C=O) groups is 1. The molecule has 0 spiro atoms. The van der Waals surface area contributed by atoms with Crippen molar-refractivity contribution in [2.75, 3.05) is 14.2 Å². The van der Waals surface area contributed by atoms with E-state index in [4.69, 9.17) is 14.2 Å². The van der Waals surface area contributed by atoms with Gasteiger partial charge in [-0.25, -0.2) is 0 Å². The van der Waals surface area contributed by atoms with Gasteiger partial charge in [0.15, 0.2) is 5.78 Å². The van der Waals surface area contributed by atoms with Gasteiger partial charge in [0.05, 0.1) is 20.3 Å². The predicted octanol–water partition coefficient (Wildman–Crippen LogP) is 2.45. The zero-order valence-electron chi connectivity index (χ0n) is 10.9. The van der Waals surface area contributed by atoms with Crippen LogP contribution in [0.3, 0.4) is 0 Å². The molecule has 4 nitrogen and oxygen atoms in total. The summed E-state index contributed by atoms with van der Waals surface area (Å²) in [5, 5.41) is 0. The van der Waals surface area contributed by atoms with Crippen LogP contribution in [-0.2, 0) is 4.74 Å². The Morgan fingerprint density at radius 3 is 2.28 bits per heavy atom. The molecular weight excluding hydrogens is 232 g/mol. The van der Waals surface area contributed by atoms with Gasteiger partial charge >= 0.3 is 0 Å². The average Bonchev–Trinajstić information content (AvgIpc) is 2.83. The summed E-state index contributed by atoms with van der Waals surface area (Å²) in [5.41, 5.74) is 0.474. The van der Waals surface area contributed by atoms with Crippen LogP contribution in [0.15, 0.2) is 18.2 Å². The highest BCUT2D eigenvalue weighted by Gasteiger charge is 2.32. The molecule has 1 aromatic carbocycles. The summed E-state index contributed by atoms with van der Waals surface area (Å²) in [7, 11) is 3.09. The summed E-state index contributed by atoms with van der Waals surface area (Å²) in [4.78, 5) is 12.5. The lowest BCUT2D eigenvalue weighted by atomic mass is 10.0. The van der Waals surface area contributed by atoms with E-state index >= 15 is 0 Å². The van der Waals surface area contributed by atoms with Gasteiger partial charge < -0.3 is 14.2 Å². The molecule has 18 heavy (non-hydrogen) atoms. The molecule has 1 aliphatic heterocycles. The van der Waals surface area contributed by atoms with Gasteiger partial charge in [-0.05, 0) is 31.9 Å². The quantitative estimate of drug-likeness (QED) is 0.770. The molecule has 0 radical (unpaired) electrons. The van der Waals surface area contributed by atoms with E-state index in [-0.39, 0.29) is 18.0 Å². The molecular formula is C14H18O4. The van der Waals surface area contributed by atoms with Crippen LogP contribution >= 0.6 is 0 Å². The van der Waals surface area contributed by atoms with Crippen molar-refractivity contribution >= 4 is 5.78 Å². The summed E-state index contributed by atoms with van der Waals surface area (Å²) in [6, 6.07) is 5.31. The Bertz CT molecular complexity index is 419. The Morgan fingerprint density at radius 2 is 1.83 bits per heavy atom. The Kier molecular flexibility index (Phi) is 3.87. The minimum absolute atomic E-state index is 0.0614. The minimum Gasteiger partial charge on any atom is -0.496 e. The average molecular weight is 250 g/mol. The maximum absolute atomic E-state index is 12.5. The lowest BCUT2D eigenvalue weighted by Crippen LogP contribution is -2.22. The Balaban J connectivity index is 2.34. The number of ketones is 1. The number of ether oxygens (including phenoxy) is 3. The number of rotatable bonds is 4. The minimum atomic E-state index is -0.384. The Labute approximate surface area is 107 Å². The number of methoxy groups -OCH3 is 2. The van der Waals surface area contributed by atoms with Gasteiger partial charge in [0.2, 0.25) is 0 Å². The third kappa shape index (κ3) is 2.34. The van der Waals surface area contributed by atoms with Crippen LogP contribution in [0.4, 0.5) is 0 Å². The molecule has 2 rings (SSSR count). The highest BCUT2D eigenvalue weighted by atomic mass is 16.5. The van der Waals surface area contributed by atoms with Crippen molar-refractivity contribution in [1.29, 1.82) is 0 Å².